The van der Waals surface area contributed by atoms with Gasteiger partial charge in [-0.3, -0.25) is 4.79 Å². The van der Waals surface area contributed by atoms with E-state index >= 15 is 0 Å². The molecule has 0 saturated heterocycles. The number of imidazole rings is 1. The van der Waals surface area contributed by atoms with Crippen LogP contribution in [-0.4, -0.2) is 15.9 Å². The molecule has 0 aliphatic heterocycles. The summed E-state index contributed by atoms with van der Waals surface area (Å²) in [6.45, 7) is 0. The Hall–Kier alpha value is -2.50. The Morgan fingerprint density at radius 1 is 1.17 bits per heavy atom. The van der Waals surface area contributed by atoms with Crippen LogP contribution in [0, 0.1) is 0 Å². The molecule has 5 nitrogen and oxygen atoms in total. The maximum absolute atomic E-state index is 12.6. The Morgan fingerprint density at radius 3 is 2.65 bits per heavy atom. The van der Waals surface area contributed by atoms with Crippen LogP contribution in [0.4, 0.5) is 11.4 Å². The summed E-state index contributed by atoms with van der Waals surface area (Å²) in [5.74, 6) is 0.292. The van der Waals surface area contributed by atoms with Crippen LogP contribution in [0.15, 0.2) is 48.8 Å². The van der Waals surface area contributed by atoms with Crippen molar-refractivity contribution in [3.63, 3.8) is 0 Å². The number of benzene rings is 2. The van der Waals surface area contributed by atoms with E-state index in [9.17, 15) is 4.79 Å². The van der Waals surface area contributed by atoms with E-state index in [1.165, 1.54) is 12.1 Å². The largest absolute Gasteiger partial charge is 0.397 e. The van der Waals surface area contributed by atoms with Crippen molar-refractivity contribution in [2.45, 2.75) is 0 Å². The summed E-state index contributed by atoms with van der Waals surface area (Å²) < 4.78 is 0. The van der Waals surface area contributed by atoms with Gasteiger partial charge < -0.3 is 16.0 Å². The second-order valence-corrected chi connectivity index (χ2v) is 5.61. The number of nitrogen functional groups attached to an aromatic ring is 1. The van der Waals surface area contributed by atoms with Crippen molar-refractivity contribution in [2.24, 2.45) is 0 Å². The third-order valence-electron chi connectivity index (χ3n) is 3.27. The number of anilines is 2. The third-order valence-corrected chi connectivity index (χ3v) is 3.99. The fraction of sp³-hybridized carbons (Fsp3) is 0. The lowest BCUT2D eigenvalue weighted by Crippen LogP contribution is -2.14. The standard InChI is InChI=1S/C16H12Cl2N4O/c17-11-7-13(19)14(8-12(11)18)22-16(23)10-4-2-1-3-9(10)15-20-5-6-21-15/h1-8H,19H2,(H,20,21)(H,22,23). The number of carbonyl (C=O) groups excluding carboxylic acids is 1. The van der Waals surface area contributed by atoms with Crippen molar-refractivity contribution in [1.82, 2.24) is 9.97 Å². The van der Waals surface area contributed by atoms with E-state index in [4.69, 9.17) is 28.9 Å². The first kappa shape index (κ1) is 15.4. The van der Waals surface area contributed by atoms with Crippen LogP contribution in [0.1, 0.15) is 10.4 Å². The molecule has 0 saturated carbocycles. The summed E-state index contributed by atoms with van der Waals surface area (Å²) in [5, 5.41) is 3.40. The van der Waals surface area contributed by atoms with Crippen molar-refractivity contribution in [2.75, 3.05) is 11.1 Å². The van der Waals surface area contributed by atoms with E-state index in [0.29, 0.717) is 38.4 Å². The first-order valence-electron chi connectivity index (χ1n) is 6.71. The molecule has 0 aliphatic rings. The van der Waals surface area contributed by atoms with Gasteiger partial charge >= 0.3 is 0 Å². The second kappa shape index (κ2) is 6.32. The predicted octanol–water partition coefficient (Wildman–Crippen LogP) is 4.22. The topological polar surface area (TPSA) is 83.8 Å². The molecule has 1 amide bonds. The highest BCUT2D eigenvalue weighted by Crippen LogP contribution is 2.31. The van der Waals surface area contributed by atoms with Crippen LogP contribution >= 0.6 is 23.2 Å². The number of hydrogen-bond acceptors (Lipinski definition) is 3. The van der Waals surface area contributed by atoms with Crippen molar-refractivity contribution in [3.8, 4) is 11.4 Å². The molecule has 1 aromatic heterocycles. The van der Waals surface area contributed by atoms with E-state index in [0.717, 1.165) is 0 Å². The van der Waals surface area contributed by atoms with E-state index in [1.807, 2.05) is 12.1 Å². The SMILES string of the molecule is Nc1cc(Cl)c(Cl)cc1NC(=O)c1ccccc1-c1ncc[nH]1. The van der Waals surface area contributed by atoms with Crippen molar-refractivity contribution in [3.05, 3.63) is 64.4 Å². The molecule has 0 bridgehead atoms. The van der Waals surface area contributed by atoms with Gasteiger partial charge in [-0.15, -0.1) is 0 Å². The molecule has 0 unspecified atom stereocenters. The normalized spacial score (nSPS) is 10.5. The zero-order chi connectivity index (χ0) is 16.4. The number of halogens is 2. The molecular weight excluding hydrogens is 335 g/mol. The Morgan fingerprint density at radius 2 is 1.91 bits per heavy atom. The number of nitrogens with zero attached hydrogens (tertiary/aromatic N) is 1. The number of hydrogen-bond donors (Lipinski definition) is 3. The third kappa shape index (κ3) is 3.16. The highest BCUT2D eigenvalue weighted by molar-refractivity contribution is 6.42. The maximum atomic E-state index is 12.6. The van der Waals surface area contributed by atoms with Gasteiger partial charge in [-0.1, -0.05) is 41.4 Å². The van der Waals surface area contributed by atoms with Gasteiger partial charge in [0, 0.05) is 18.0 Å². The summed E-state index contributed by atoms with van der Waals surface area (Å²) >= 11 is 11.9. The minimum Gasteiger partial charge on any atom is -0.397 e. The van der Waals surface area contributed by atoms with Crippen LogP contribution in [0.2, 0.25) is 10.0 Å². The van der Waals surface area contributed by atoms with Gasteiger partial charge in [-0.05, 0) is 18.2 Å². The van der Waals surface area contributed by atoms with Crippen molar-refractivity contribution < 1.29 is 4.79 Å². The lowest BCUT2D eigenvalue weighted by atomic mass is 10.1. The van der Waals surface area contributed by atoms with Crippen LogP contribution in [0.3, 0.4) is 0 Å². The molecule has 0 aliphatic carbocycles. The summed E-state index contributed by atoms with van der Waals surface area (Å²) in [7, 11) is 0. The number of rotatable bonds is 3. The minimum atomic E-state index is -0.318. The van der Waals surface area contributed by atoms with Gasteiger partial charge in [0.2, 0.25) is 0 Å². The minimum absolute atomic E-state index is 0.315. The summed E-state index contributed by atoms with van der Waals surface area (Å²) in [6, 6.07) is 10.2. The number of amides is 1. The molecule has 3 rings (SSSR count). The zero-order valence-electron chi connectivity index (χ0n) is 11.8. The molecule has 23 heavy (non-hydrogen) atoms. The van der Waals surface area contributed by atoms with E-state index < -0.39 is 0 Å². The quantitative estimate of drug-likeness (QED) is 0.620. The molecule has 116 valence electrons. The van der Waals surface area contributed by atoms with Crippen molar-refractivity contribution >= 4 is 40.5 Å². The second-order valence-electron chi connectivity index (χ2n) is 4.79. The maximum Gasteiger partial charge on any atom is 0.256 e. The highest BCUT2D eigenvalue weighted by atomic mass is 35.5. The number of carbonyl (C=O) groups is 1. The molecular formula is C16H12Cl2N4O. The number of nitrogens with two attached hydrogens (primary N) is 1. The average Bonchev–Trinajstić information content (AvgIpc) is 3.07. The molecule has 1 heterocycles. The molecule has 0 fully saturated rings. The van der Waals surface area contributed by atoms with Gasteiger partial charge in [0.15, 0.2) is 0 Å². The van der Waals surface area contributed by atoms with Crippen molar-refractivity contribution in [1.29, 1.82) is 0 Å². The molecule has 0 spiro atoms. The molecule has 0 radical (unpaired) electrons. The Balaban J connectivity index is 1.95. The van der Waals surface area contributed by atoms with E-state index in [-0.39, 0.29) is 5.91 Å². The predicted molar refractivity (Wildman–Crippen MR) is 92.9 cm³/mol. The fourth-order valence-corrected chi connectivity index (χ4v) is 2.50. The van der Waals surface area contributed by atoms with E-state index in [2.05, 4.69) is 15.3 Å². The lowest BCUT2D eigenvalue weighted by Gasteiger charge is -2.11. The van der Waals surface area contributed by atoms with E-state index in [1.54, 1.807) is 24.5 Å². The number of aromatic amines is 1. The molecule has 7 heteroatoms. The number of nitrogens with one attached hydrogen (secondary N) is 2. The van der Waals surface area contributed by atoms with Gasteiger partial charge in [-0.2, -0.15) is 0 Å². The summed E-state index contributed by atoms with van der Waals surface area (Å²) in [4.78, 5) is 19.8. The first-order valence-corrected chi connectivity index (χ1v) is 7.46. The van der Waals surface area contributed by atoms with Gasteiger partial charge in [0.25, 0.3) is 5.91 Å². The molecule has 2 aromatic carbocycles. The highest BCUT2D eigenvalue weighted by Gasteiger charge is 2.15. The van der Waals surface area contributed by atoms with Gasteiger partial charge in [0.1, 0.15) is 5.82 Å². The Labute approximate surface area is 142 Å². The monoisotopic (exact) mass is 346 g/mol. The molecule has 3 aromatic rings. The van der Waals surface area contributed by atoms with Gasteiger partial charge in [-0.25, -0.2) is 4.98 Å². The van der Waals surface area contributed by atoms with Crippen LogP contribution < -0.4 is 11.1 Å². The Kier molecular flexibility index (Phi) is 4.23. The summed E-state index contributed by atoms with van der Waals surface area (Å²) in [5.41, 5.74) is 7.77. The Bertz CT molecular complexity index is 863. The smallest absolute Gasteiger partial charge is 0.256 e. The average molecular weight is 347 g/mol. The number of aromatic nitrogens is 2. The molecule has 4 N–H and O–H groups in total. The lowest BCUT2D eigenvalue weighted by molar-refractivity contribution is 0.102. The first-order chi connectivity index (χ1) is 11.1. The van der Waals surface area contributed by atoms with Crippen LogP contribution in [0.5, 0.6) is 0 Å². The zero-order valence-corrected chi connectivity index (χ0v) is 13.3. The summed E-state index contributed by atoms with van der Waals surface area (Å²) in [6.07, 6.45) is 3.32. The molecule has 0 atom stereocenters. The number of H-pyrrole nitrogens is 1. The van der Waals surface area contributed by atoms with Crippen LogP contribution in [0.25, 0.3) is 11.4 Å². The fourth-order valence-electron chi connectivity index (χ4n) is 2.16. The van der Waals surface area contributed by atoms with Crippen LogP contribution in [-0.2, 0) is 0 Å². The van der Waals surface area contributed by atoms with Gasteiger partial charge in [0.05, 0.1) is 27.0 Å².